The number of nitrogens with one attached hydrogen (secondary N) is 2. The van der Waals surface area contributed by atoms with Gasteiger partial charge in [0.15, 0.2) is 5.96 Å². The van der Waals surface area contributed by atoms with Crippen molar-refractivity contribution < 1.29 is 14.3 Å². The normalized spacial score (nSPS) is 22.9. The zero-order valence-corrected chi connectivity index (χ0v) is 19.0. The quantitative estimate of drug-likeness (QED) is 0.514. The predicted octanol–water partition coefficient (Wildman–Crippen LogP) is 1.91. The Kier molecular flexibility index (Phi) is 9.49. The summed E-state index contributed by atoms with van der Waals surface area (Å²) >= 11 is 0. The lowest BCUT2D eigenvalue weighted by molar-refractivity contribution is 0.0168. The maximum Gasteiger partial charge on any atom is 0.410 e. The molecule has 2 fully saturated rings. The van der Waals surface area contributed by atoms with Crippen molar-refractivity contribution in [3.63, 3.8) is 0 Å². The summed E-state index contributed by atoms with van der Waals surface area (Å²) in [5.41, 5.74) is -0.454. The van der Waals surface area contributed by atoms with Crippen molar-refractivity contribution in [1.82, 2.24) is 20.4 Å². The van der Waals surface area contributed by atoms with E-state index in [9.17, 15) is 4.79 Å². The fraction of sp³-hybridized carbons (Fsp3) is 0.905. The fourth-order valence-electron chi connectivity index (χ4n) is 3.66. The molecule has 2 aliphatic rings. The Morgan fingerprint density at radius 2 is 1.97 bits per heavy atom. The van der Waals surface area contributed by atoms with Crippen molar-refractivity contribution in [1.29, 1.82) is 0 Å². The maximum atomic E-state index is 12.4. The molecule has 2 rings (SSSR count). The van der Waals surface area contributed by atoms with Crippen molar-refractivity contribution >= 4 is 12.1 Å². The highest BCUT2D eigenvalue weighted by molar-refractivity contribution is 5.79. The molecule has 0 aliphatic carbocycles. The third-order valence-corrected chi connectivity index (χ3v) is 5.26. The van der Waals surface area contributed by atoms with Crippen LogP contribution in [0, 0.1) is 5.92 Å². The van der Waals surface area contributed by atoms with Crippen LogP contribution in [0.3, 0.4) is 0 Å². The van der Waals surface area contributed by atoms with Crippen LogP contribution in [0.4, 0.5) is 4.79 Å². The van der Waals surface area contributed by atoms with Crippen LogP contribution in [0.2, 0.25) is 0 Å². The smallest absolute Gasteiger partial charge is 0.410 e. The van der Waals surface area contributed by atoms with E-state index >= 15 is 0 Å². The highest BCUT2D eigenvalue weighted by Gasteiger charge is 2.27. The molecule has 0 spiro atoms. The van der Waals surface area contributed by atoms with Gasteiger partial charge in [0.25, 0.3) is 0 Å². The lowest BCUT2D eigenvalue weighted by Gasteiger charge is -2.34. The molecule has 0 radical (unpaired) electrons. The first-order chi connectivity index (χ1) is 13.8. The third-order valence-electron chi connectivity index (χ3n) is 5.26. The third kappa shape index (κ3) is 8.78. The van der Waals surface area contributed by atoms with E-state index in [0.29, 0.717) is 12.0 Å². The first-order valence-corrected chi connectivity index (χ1v) is 11.1. The van der Waals surface area contributed by atoms with Crippen molar-refractivity contribution in [3.05, 3.63) is 0 Å². The Balaban J connectivity index is 1.81. The number of ether oxygens (including phenoxy) is 2. The summed E-state index contributed by atoms with van der Waals surface area (Å²) in [6, 6.07) is 0.395. The number of aliphatic imine (C=N–C) groups is 1. The average molecular weight is 412 g/mol. The van der Waals surface area contributed by atoms with Gasteiger partial charge in [-0.15, -0.1) is 0 Å². The Bertz CT molecular complexity index is 529. The molecule has 2 aliphatic heterocycles. The van der Waals surface area contributed by atoms with Crippen LogP contribution in [0.15, 0.2) is 4.99 Å². The van der Waals surface area contributed by atoms with Gasteiger partial charge in [-0.25, -0.2) is 4.79 Å². The van der Waals surface area contributed by atoms with Crippen LogP contribution in [-0.2, 0) is 9.47 Å². The van der Waals surface area contributed by atoms with Crippen LogP contribution < -0.4 is 10.6 Å². The van der Waals surface area contributed by atoms with Crippen LogP contribution in [-0.4, -0.2) is 92.5 Å². The zero-order valence-electron chi connectivity index (χ0n) is 19.0. The number of nitrogens with zero attached hydrogens (tertiary/aromatic N) is 3. The van der Waals surface area contributed by atoms with Crippen LogP contribution >= 0.6 is 0 Å². The second-order valence-corrected chi connectivity index (χ2v) is 9.03. The minimum absolute atomic E-state index is 0.206. The summed E-state index contributed by atoms with van der Waals surface area (Å²) in [5, 5.41) is 6.81. The molecule has 2 saturated heterocycles. The van der Waals surface area contributed by atoms with Gasteiger partial charge in [-0.2, -0.15) is 0 Å². The summed E-state index contributed by atoms with van der Waals surface area (Å²) in [5.74, 6) is 1.25. The minimum Gasteiger partial charge on any atom is -0.444 e. The van der Waals surface area contributed by atoms with Crippen molar-refractivity contribution in [2.24, 2.45) is 10.9 Å². The zero-order chi connectivity index (χ0) is 21.3. The number of amides is 1. The fourth-order valence-corrected chi connectivity index (χ4v) is 3.66. The lowest BCUT2D eigenvalue weighted by atomic mass is 9.98. The van der Waals surface area contributed by atoms with E-state index in [1.54, 1.807) is 0 Å². The molecule has 2 atom stereocenters. The van der Waals surface area contributed by atoms with E-state index < -0.39 is 5.60 Å². The summed E-state index contributed by atoms with van der Waals surface area (Å²) in [6.45, 7) is 17.5. The van der Waals surface area contributed by atoms with E-state index in [1.807, 2.05) is 25.7 Å². The number of carbonyl (C=O) groups is 1. The number of morpholine rings is 1. The second kappa shape index (κ2) is 11.6. The summed E-state index contributed by atoms with van der Waals surface area (Å²) in [6.07, 6.45) is 1.91. The number of hydrogen-bond donors (Lipinski definition) is 2. The molecule has 0 bridgehead atoms. The van der Waals surface area contributed by atoms with Crippen LogP contribution in [0.1, 0.15) is 47.5 Å². The van der Waals surface area contributed by atoms with Gasteiger partial charge in [-0.3, -0.25) is 9.89 Å². The largest absolute Gasteiger partial charge is 0.444 e. The molecule has 1 amide bonds. The Morgan fingerprint density at radius 1 is 1.24 bits per heavy atom. The lowest BCUT2D eigenvalue weighted by Crippen LogP contribution is -2.47. The topological polar surface area (TPSA) is 78.4 Å². The van der Waals surface area contributed by atoms with Crippen LogP contribution in [0.5, 0.6) is 0 Å². The van der Waals surface area contributed by atoms with Crippen molar-refractivity contribution in [2.75, 3.05) is 59.0 Å². The van der Waals surface area contributed by atoms with E-state index in [-0.39, 0.29) is 6.09 Å². The number of guanidine groups is 1. The number of piperidine rings is 1. The molecule has 29 heavy (non-hydrogen) atoms. The molecular weight excluding hydrogens is 370 g/mol. The number of likely N-dealkylation sites (tertiary alicyclic amines) is 1. The van der Waals surface area contributed by atoms with Gasteiger partial charge >= 0.3 is 6.09 Å². The molecule has 8 nitrogen and oxygen atoms in total. The monoisotopic (exact) mass is 411 g/mol. The van der Waals surface area contributed by atoms with Gasteiger partial charge in [0, 0.05) is 45.3 Å². The molecule has 0 aromatic heterocycles. The highest BCUT2D eigenvalue weighted by atomic mass is 16.6. The Labute approximate surface area is 176 Å². The maximum absolute atomic E-state index is 12.4. The molecule has 0 aromatic rings. The molecular formula is C21H41N5O3. The van der Waals surface area contributed by atoms with E-state index in [4.69, 9.17) is 14.5 Å². The first kappa shape index (κ1) is 23.7. The van der Waals surface area contributed by atoms with Crippen LogP contribution in [0.25, 0.3) is 0 Å². The van der Waals surface area contributed by atoms with E-state index in [0.717, 1.165) is 77.8 Å². The van der Waals surface area contributed by atoms with Gasteiger partial charge < -0.3 is 25.0 Å². The standard InChI is InChI=1S/C21H41N5O3/c1-6-22-19(23-14-17(2)25-10-12-28-13-11-25)24-15-18-8-7-9-26(16-18)20(27)29-21(3,4)5/h17-18H,6-16H2,1-5H3,(H2,22,23,24). The number of rotatable bonds is 6. The van der Waals surface area contributed by atoms with Gasteiger partial charge in [-0.05, 0) is 53.4 Å². The molecule has 2 heterocycles. The number of carbonyl (C=O) groups excluding carboxylic acids is 1. The molecule has 2 N–H and O–H groups in total. The van der Waals surface area contributed by atoms with Crippen molar-refractivity contribution in [3.8, 4) is 0 Å². The molecule has 168 valence electrons. The average Bonchev–Trinajstić information content (AvgIpc) is 2.69. The summed E-state index contributed by atoms with van der Waals surface area (Å²) < 4.78 is 11.0. The van der Waals surface area contributed by atoms with Crippen molar-refractivity contribution in [2.45, 2.75) is 59.1 Å². The predicted molar refractivity (Wildman–Crippen MR) is 116 cm³/mol. The van der Waals surface area contributed by atoms with Gasteiger partial charge in [0.2, 0.25) is 0 Å². The van der Waals surface area contributed by atoms with E-state index in [2.05, 4.69) is 29.4 Å². The number of hydrogen-bond acceptors (Lipinski definition) is 5. The molecule has 2 unspecified atom stereocenters. The molecule has 0 aromatic carbocycles. The molecule has 0 saturated carbocycles. The summed E-state index contributed by atoms with van der Waals surface area (Å²) in [4.78, 5) is 21.4. The Hall–Kier alpha value is -1.54. The highest BCUT2D eigenvalue weighted by Crippen LogP contribution is 2.18. The first-order valence-electron chi connectivity index (χ1n) is 11.1. The SMILES string of the molecule is CCNC(=NCC(C)N1CCOCC1)NCC1CCCN(C(=O)OC(C)(C)C)C1. The minimum atomic E-state index is -0.454. The second-order valence-electron chi connectivity index (χ2n) is 9.03. The van der Waals surface area contributed by atoms with Gasteiger partial charge in [0.05, 0.1) is 19.8 Å². The molecule has 8 heteroatoms. The van der Waals surface area contributed by atoms with E-state index in [1.165, 1.54) is 0 Å². The van der Waals surface area contributed by atoms with Gasteiger partial charge in [0.1, 0.15) is 5.60 Å². The van der Waals surface area contributed by atoms with Gasteiger partial charge in [-0.1, -0.05) is 0 Å². The Morgan fingerprint density at radius 3 is 2.62 bits per heavy atom. The summed E-state index contributed by atoms with van der Waals surface area (Å²) in [7, 11) is 0.